The third-order valence-electron chi connectivity index (χ3n) is 4.24. The maximum Gasteiger partial charge on any atom is 0.229 e. The Morgan fingerprint density at radius 3 is 2.39 bits per heavy atom. The van der Waals surface area contributed by atoms with Crippen molar-refractivity contribution in [2.45, 2.75) is 58.6 Å². The van der Waals surface area contributed by atoms with Crippen LogP contribution in [0.4, 0.5) is 0 Å². The molecule has 1 amide bonds. The fourth-order valence-electron chi connectivity index (χ4n) is 2.09. The van der Waals surface area contributed by atoms with Crippen LogP contribution in [-0.2, 0) is 9.53 Å². The Bertz CT molecular complexity index is 289. The van der Waals surface area contributed by atoms with Crippen molar-refractivity contribution in [3.8, 4) is 0 Å². The molecule has 0 spiro atoms. The predicted octanol–water partition coefficient (Wildman–Crippen LogP) is 1.78. The molecule has 0 aromatic rings. The van der Waals surface area contributed by atoms with Gasteiger partial charge in [0.25, 0.3) is 0 Å². The summed E-state index contributed by atoms with van der Waals surface area (Å²) in [6, 6.07) is 0. The molecule has 0 aliphatic carbocycles. The van der Waals surface area contributed by atoms with Gasteiger partial charge in [0.1, 0.15) is 0 Å². The molecule has 0 saturated carbocycles. The zero-order chi connectivity index (χ0) is 14.0. The third kappa shape index (κ3) is 3.45. The van der Waals surface area contributed by atoms with Crippen LogP contribution in [0.15, 0.2) is 0 Å². The average molecular weight is 256 g/mol. The standard InChI is InChI=1S/C14H28N2O2/c1-13(2,14(3,4)15)12(17)16(5)10-11-8-6-7-9-18-11/h11H,6-10,15H2,1-5H3. The quantitative estimate of drug-likeness (QED) is 0.834. The number of carbonyl (C=O) groups is 1. The van der Waals surface area contributed by atoms with Crippen molar-refractivity contribution in [1.29, 1.82) is 0 Å². The lowest BCUT2D eigenvalue weighted by molar-refractivity contribution is -0.144. The number of amides is 1. The van der Waals surface area contributed by atoms with E-state index in [2.05, 4.69) is 0 Å². The van der Waals surface area contributed by atoms with Gasteiger partial charge in [0.05, 0.1) is 11.5 Å². The van der Waals surface area contributed by atoms with Crippen molar-refractivity contribution < 1.29 is 9.53 Å². The first-order valence-electron chi connectivity index (χ1n) is 6.82. The smallest absolute Gasteiger partial charge is 0.229 e. The van der Waals surface area contributed by atoms with Gasteiger partial charge < -0.3 is 15.4 Å². The van der Waals surface area contributed by atoms with Crippen molar-refractivity contribution in [1.82, 2.24) is 4.90 Å². The molecule has 0 aromatic heterocycles. The highest BCUT2D eigenvalue weighted by molar-refractivity contribution is 5.83. The van der Waals surface area contributed by atoms with Crippen LogP contribution in [0, 0.1) is 5.41 Å². The molecule has 1 aliphatic rings. The molecule has 1 fully saturated rings. The number of rotatable bonds is 4. The van der Waals surface area contributed by atoms with Crippen molar-refractivity contribution >= 4 is 5.91 Å². The van der Waals surface area contributed by atoms with Crippen LogP contribution in [0.1, 0.15) is 47.0 Å². The number of nitrogens with zero attached hydrogens (tertiary/aromatic N) is 1. The molecule has 1 unspecified atom stereocenters. The van der Waals surface area contributed by atoms with Crippen LogP contribution in [-0.4, -0.2) is 42.6 Å². The zero-order valence-corrected chi connectivity index (χ0v) is 12.5. The highest BCUT2D eigenvalue weighted by Crippen LogP contribution is 2.30. The summed E-state index contributed by atoms with van der Waals surface area (Å²) in [5.74, 6) is 0.0872. The molecule has 106 valence electrons. The summed E-state index contributed by atoms with van der Waals surface area (Å²) >= 11 is 0. The Morgan fingerprint density at radius 1 is 1.33 bits per heavy atom. The van der Waals surface area contributed by atoms with E-state index in [4.69, 9.17) is 10.5 Å². The topological polar surface area (TPSA) is 55.6 Å². The molecule has 1 aliphatic heterocycles. The first kappa shape index (κ1) is 15.4. The lowest BCUT2D eigenvalue weighted by Gasteiger charge is -2.40. The molecule has 2 N–H and O–H groups in total. The predicted molar refractivity (Wildman–Crippen MR) is 73.3 cm³/mol. The summed E-state index contributed by atoms with van der Waals surface area (Å²) in [7, 11) is 1.84. The van der Waals surface area contributed by atoms with Gasteiger partial charge in [-0.05, 0) is 47.0 Å². The summed E-state index contributed by atoms with van der Waals surface area (Å²) < 4.78 is 5.67. The normalized spacial score (nSPS) is 21.8. The van der Waals surface area contributed by atoms with E-state index in [-0.39, 0.29) is 12.0 Å². The van der Waals surface area contributed by atoms with E-state index in [1.807, 2.05) is 34.7 Å². The highest BCUT2D eigenvalue weighted by atomic mass is 16.5. The molecule has 0 radical (unpaired) electrons. The number of likely N-dealkylation sites (N-methyl/N-ethyl adjacent to an activating group) is 1. The third-order valence-corrected chi connectivity index (χ3v) is 4.24. The first-order chi connectivity index (χ1) is 8.16. The van der Waals surface area contributed by atoms with Gasteiger partial charge in [-0.3, -0.25) is 4.79 Å². The zero-order valence-electron chi connectivity index (χ0n) is 12.5. The van der Waals surface area contributed by atoms with Gasteiger partial charge in [0.15, 0.2) is 0 Å². The average Bonchev–Trinajstić information content (AvgIpc) is 2.27. The van der Waals surface area contributed by atoms with Gasteiger partial charge in [0, 0.05) is 25.7 Å². The molecular formula is C14H28N2O2. The second kappa shape index (κ2) is 5.57. The van der Waals surface area contributed by atoms with Crippen molar-refractivity contribution in [2.24, 2.45) is 11.1 Å². The molecule has 0 aromatic carbocycles. The largest absolute Gasteiger partial charge is 0.376 e. The molecule has 4 nitrogen and oxygen atoms in total. The monoisotopic (exact) mass is 256 g/mol. The minimum atomic E-state index is -0.573. The van der Waals surface area contributed by atoms with Crippen molar-refractivity contribution in [3.63, 3.8) is 0 Å². The highest BCUT2D eigenvalue weighted by Gasteiger charge is 2.42. The van der Waals surface area contributed by atoms with Gasteiger partial charge in [-0.15, -0.1) is 0 Å². The summed E-state index contributed by atoms with van der Waals surface area (Å²) in [5.41, 5.74) is 5.00. The van der Waals surface area contributed by atoms with Gasteiger partial charge in [-0.25, -0.2) is 0 Å². The molecular weight excluding hydrogens is 228 g/mol. The first-order valence-corrected chi connectivity index (χ1v) is 6.82. The maximum absolute atomic E-state index is 12.5. The lowest BCUT2D eigenvalue weighted by Crippen LogP contribution is -2.56. The van der Waals surface area contributed by atoms with E-state index in [1.165, 1.54) is 6.42 Å². The SMILES string of the molecule is CN(CC1CCCCO1)C(=O)C(C)(C)C(C)(C)N. The Kier molecular flexibility index (Phi) is 4.78. The van der Waals surface area contributed by atoms with E-state index in [1.54, 1.807) is 4.90 Å². The van der Waals surface area contributed by atoms with E-state index in [0.717, 1.165) is 19.4 Å². The molecule has 0 bridgehead atoms. The maximum atomic E-state index is 12.5. The van der Waals surface area contributed by atoms with Crippen LogP contribution < -0.4 is 5.73 Å². The van der Waals surface area contributed by atoms with Crippen LogP contribution in [0.25, 0.3) is 0 Å². The van der Waals surface area contributed by atoms with Crippen LogP contribution >= 0.6 is 0 Å². The number of nitrogens with two attached hydrogens (primary N) is 1. The molecule has 4 heteroatoms. The van der Waals surface area contributed by atoms with Gasteiger partial charge in [-0.1, -0.05) is 0 Å². The van der Waals surface area contributed by atoms with E-state index in [0.29, 0.717) is 6.54 Å². The summed E-state index contributed by atoms with van der Waals surface area (Å²) in [4.78, 5) is 14.2. The van der Waals surface area contributed by atoms with Crippen molar-refractivity contribution in [3.05, 3.63) is 0 Å². The molecule has 1 saturated heterocycles. The lowest BCUT2D eigenvalue weighted by atomic mass is 9.74. The number of hydrogen-bond donors (Lipinski definition) is 1. The summed E-state index contributed by atoms with van der Waals surface area (Å²) in [6.45, 7) is 9.10. The Balaban J connectivity index is 2.60. The number of hydrogen-bond acceptors (Lipinski definition) is 3. The summed E-state index contributed by atoms with van der Waals surface area (Å²) in [5, 5.41) is 0. The van der Waals surface area contributed by atoms with Gasteiger partial charge in [-0.2, -0.15) is 0 Å². The minimum Gasteiger partial charge on any atom is -0.376 e. The van der Waals surface area contributed by atoms with Crippen molar-refractivity contribution in [2.75, 3.05) is 20.2 Å². The van der Waals surface area contributed by atoms with Crippen LogP contribution in [0.3, 0.4) is 0 Å². The Hall–Kier alpha value is -0.610. The molecule has 1 rings (SSSR count). The second-order valence-electron chi connectivity index (χ2n) is 6.52. The van der Waals surface area contributed by atoms with Crippen LogP contribution in [0.5, 0.6) is 0 Å². The van der Waals surface area contributed by atoms with Crippen LogP contribution in [0.2, 0.25) is 0 Å². The second-order valence-corrected chi connectivity index (χ2v) is 6.52. The summed E-state index contributed by atoms with van der Waals surface area (Å²) in [6.07, 6.45) is 3.56. The number of carbonyl (C=O) groups excluding carboxylic acids is 1. The molecule has 1 heterocycles. The van der Waals surface area contributed by atoms with E-state index in [9.17, 15) is 4.79 Å². The Morgan fingerprint density at radius 2 is 1.94 bits per heavy atom. The fourth-order valence-corrected chi connectivity index (χ4v) is 2.09. The van der Waals surface area contributed by atoms with E-state index < -0.39 is 11.0 Å². The molecule has 18 heavy (non-hydrogen) atoms. The molecule has 1 atom stereocenters. The number of ether oxygens (including phenoxy) is 1. The van der Waals surface area contributed by atoms with Gasteiger partial charge in [0.2, 0.25) is 5.91 Å². The Labute approximate surface area is 111 Å². The fraction of sp³-hybridized carbons (Fsp3) is 0.929. The van der Waals surface area contributed by atoms with E-state index >= 15 is 0 Å². The minimum absolute atomic E-state index is 0.0872. The van der Waals surface area contributed by atoms with Gasteiger partial charge >= 0.3 is 0 Å².